The van der Waals surface area contributed by atoms with Crippen LogP contribution in [0.25, 0.3) is 11.3 Å². The lowest BCUT2D eigenvalue weighted by molar-refractivity contribution is -0.112. The van der Waals surface area contributed by atoms with Gasteiger partial charge in [0, 0.05) is 36.6 Å². The minimum absolute atomic E-state index is 0.282. The summed E-state index contributed by atoms with van der Waals surface area (Å²) in [7, 11) is 2.14. The highest BCUT2D eigenvalue weighted by Crippen LogP contribution is 2.34. The molecule has 174 valence electrons. The molecule has 2 aliphatic heterocycles. The molecule has 0 bridgehead atoms. The van der Waals surface area contributed by atoms with Gasteiger partial charge in [-0.25, -0.2) is 4.98 Å². The number of nitrogens with zero attached hydrogens (tertiary/aromatic N) is 6. The third-order valence-electron chi connectivity index (χ3n) is 6.04. The van der Waals surface area contributed by atoms with E-state index in [1.165, 1.54) is 16.3 Å². The van der Waals surface area contributed by atoms with E-state index in [1.54, 1.807) is 6.92 Å². The molecule has 3 aromatic rings. The van der Waals surface area contributed by atoms with Gasteiger partial charge in [0.2, 0.25) is 5.13 Å². The van der Waals surface area contributed by atoms with Crippen molar-refractivity contribution >= 4 is 45.2 Å². The van der Waals surface area contributed by atoms with Gasteiger partial charge in [-0.2, -0.15) is 15.2 Å². The number of carbonyl (C=O) groups is 1. The summed E-state index contributed by atoms with van der Waals surface area (Å²) in [4.78, 5) is 23.6. The van der Waals surface area contributed by atoms with Gasteiger partial charge >= 0.3 is 5.91 Å². The average Bonchev–Trinajstić information content (AvgIpc) is 3.38. The Labute approximate surface area is 203 Å². The van der Waals surface area contributed by atoms with Crippen molar-refractivity contribution in [2.24, 2.45) is 10.2 Å². The molecule has 0 radical (unpaired) electrons. The van der Waals surface area contributed by atoms with Crippen molar-refractivity contribution in [1.29, 1.82) is 0 Å². The molecule has 0 unspecified atom stereocenters. The Morgan fingerprint density at radius 2 is 1.68 bits per heavy atom. The number of piperazine rings is 1. The zero-order valence-electron chi connectivity index (χ0n) is 19.5. The lowest BCUT2D eigenvalue weighted by Gasteiger charge is -2.34. The molecule has 8 nitrogen and oxygen atoms in total. The quantitative estimate of drug-likeness (QED) is 0.566. The van der Waals surface area contributed by atoms with Crippen LogP contribution in [0, 0.1) is 6.92 Å². The molecule has 0 atom stereocenters. The van der Waals surface area contributed by atoms with Crippen LogP contribution >= 0.6 is 11.3 Å². The molecule has 1 saturated heterocycles. The molecule has 0 aliphatic carbocycles. The van der Waals surface area contributed by atoms with Crippen LogP contribution in [0.1, 0.15) is 11.8 Å². The van der Waals surface area contributed by atoms with Gasteiger partial charge in [0.25, 0.3) is 0 Å². The van der Waals surface area contributed by atoms with Crippen molar-refractivity contribution in [1.82, 2.24) is 9.88 Å². The van der Waals surface area contributed by atoms with Crippen LogP contribution in [-0.2, 0) is 4.79 Å². The maximum Gasteiger partial charge on any atom is 0.303 e. The minimum Gasteiger partial charge on any atom is -0.367 e. The molecular formula is C25H27N7OS. The highest BCUT2D eigenvalue weighted by atomic mass is 32.1. The van der Waals surface area contributed by atoms with Gasteiger partial charge in [-0.1, -0.05) is 53.8 Å². The second kappa shape index (κ2) is 9.36. The molecule has 2 aliphatic rings. The predicted octanol–water partition coefficient (Wildman–Crippen LogP) is 4.06. The van der Waals surface area contributed by atoms with E-state index in [1.807, 2.05) is 55.5 Å². The predicted molar refractivity (Wildman–Crippen MR) is 140 cm³/mol. The van der Waals surface area contributed by atoms with Crippen LogP contribution in [0.3, 0.4) is 0 Å². The smallest absolute Gasteiger partial charge is 0.303 e. The Hall–Kier alpha value is -3.56. The van der Waals surface area contributed by atoms with Crippen molar-refractivity contribution in [3.8, 4) is 11.3 Å². The number of benzene rings is 2. The molecule has 5 rings (SSSR count). The number of hydrogen-bond acceptors (Lipinski definition) is 8. The van der Waals surface area contributed by atoms with E-state index in [-0.39, 0.29) is 5.91 Å². The van der Waals surface area contributed by atoms with Gasteiger partial charge in [-0.15, -0.1) is 0 Å². The van der Waals surface area contributed by atoms with E-state index in [9.17, 15) is 4.79 Å². The number of nitrogens with one attached hydrogen (secondary N) is 1. The number of likely N-dealkylation sites (N-methyl/N-ethyl adjacent to an activating group) is 1. The summed E-state index contributed by atoms with van der Waals surface area (Å²) in [5.41, 5.74) is 7.82. The fraction of sp³-hybridized carbons (Fsp3) is 0.280. The maximum absolute atomic E-state index is 13.2. The second-order valence-electron chi connectivity index (χ2n) is 8.45. The minimum atomic E-state index is -0.282. The first kappa shape index (κ1) is 22.2. The Morgan fingerprint density at radius 3 is 2.44 bits per heavy atom. The van der Waals surface area contributed by atoms with Crippen LogP contribution in [-0.4, -0.2) is 60.4 Å². The van der Waals surface area contributed by atoms with Crippen molar-refractivity contribution in [3.63, 3.8) is 0 Å². The number of hydrogen-bond donors (Lipinski definition) is 1. The average molecular weight is 474 g/mol. The van der Waals surface area contributed by atoms with E-state index in [2.05, 4.69) is 38.5 Å². The summed E-state index contributed by atoms with van der Waals surface area (Å²) < 4.78 is 0. The number of thiazole rings is 1. The molecular weight excluding hydrogens is 446 g/mol. The molecule has 0 spiro atoms. The summed E-state index contributed by atoms with van der Waals surface area (Å²) >= 11 is 1.45. The van der Waals surface area contributed by atoms with Gasteiger partial charge in [-0.05, 0) is 33.0 Å². The van der Waals surface area contributed by atoms with Gasteiger partial charge in [0.1, 0.15) is 0 Å². The highest BCUT2D eigenvalue weighted by molar-refractivity contribution is 7.16. The summed E-state index contributed by atoms with van der Waals surface area (Å²) in [6.45, 7) is 7.73. The molecule has 0 saturated carbocycles. The second-order valence-corrected chi connectivity index (χ2v) is 9.63. The number of hydrazone groups is 2. The van der Waals surface area contributed by atoms with Crippen molar-refractivity contribution in [3.05, 3.63) is 59.5 Å². The summed E-state index contributed by atoms with van der Waals surface area (Å²) in [5, 5.41) is 10.8. The number of para-hydroxylation sites is 2. The highest BCUT2D eigenvalue weighted by Gasteiger charge is 2.33. The van der Waals surface area contributed by atoms with Gasteiger partial charge < -0.3 is 9.80 Å². The molecule has 1 aromatic heterocycles. The third kappa shape index (κ3) is 4.32. The maximum atomic E-state index is 13.2. The van der Waals surface area contributed by atoms with Crippen molar-refractivity contribution in [2.75, 3.05) is 48.6 Å². The van der Waals surface area contributed by atoms with Gasteiger partial charge in [0.15, 0.2) is 5.71 Å². The van der Waals surface area contributed by atoms with Crippen LogP contribution in [0.2, 0.25) is 0 Å². The Kier molecular flexibility index (Phi) is 6.12. The fourth-order valence-electron chi connectivity index (χ4n) is 4.10. The lowest BCUT2D eigenvalue weighted by atomic mass is 10.1. The summed E-state index contributed by atoms with van der Waals surface area (Å²) in [6, 6.07) is 18.0. The van der Waals surface area contributed by atoms with Crippen LogP contribution < -0.4 is 15.3 Å². The number of amides is 1. The number of carbonyl (C=O) groups excluding carboxylic acids is 1. The Bertz CT molecular complexity index is 1260. The van der Waals surface area contributed by atoms with Gasteiger partial charge in [-0.3, -0.25) is 10.2 Å². The fourth-order valence-corrected chi connectivity index (χ4v) is 4.98. The Balaban J connectivity index is 1.36. The van der Waals surface area contributed by atoms with Crippen LogP contribution in [0.4, 0.5) is 16.5 Å². The van der Waals surface area contributed by atoms with E-state index in [4.69, 9.17) is 4.98 Å². The van der Waals surface area contributed by atoms with E-state index in [0.29, 0.717) is 16.6 Å². The van der Waals surface area contributed by atoms with Crippen molar-refractivity contribution in [2.45, 2.75) is 13.8 Å². The zero-order chi connectivity index (χ0) is 23.7. The zero-order valence-corrected chi connectivity index (χ0v) is 20.3. The number of aromatic nitrogens is 1. The molecule has 3 heterocycles. The van der Waals surface area contributed by atoms with Gasteiger partial charge in [0.05, 0.1) is 22.8 Å². The first-order valence-corrected chi connectivity index (χ1v) is 12.1. The van der Waals surface area contributed by atoms with Crippen LogP contribution in [0.15, 0.2) is 64.8 Å². The summed E-state index contributed by atoms with van der Waals surface area (Å²) in [6.07, 6.45) is 0. The van der Waals surface area contributed by atoms with E-state index in [0.717, 1.165) is 53.7 Å². The topological polar surface area (TPSA) is 76.4 Å². The number of rotatable bonds is 5. The molecule has 1 N–H and O–H groups in total. The monoisotopic (exact) mass is 473 g/mol. The third-order valence-corrected chi connectivity index (χ3v) is 6.98. The first-order valence-electron chi connectivity index (χ1n) is 11.3. The molecule has 9 heteroatoms. The first-order chi connectivity index (χ1) is 16.5. The largest absolute Gasteiger partial charge is 0.367 e. The lowest BCUT2D eigenvalue weighted by Crippen LogP contribution is -2.44. The normalized spacial score (nSPS) is 18.0. The molecule has 2 aromatic carbocycles. The summed E-state index contributed by atoms with van der Waals surface area (Å²) in [5.74, 6) is -0.282. The standard InChI is InChI=1S/C25H27N7OS/c1-17-22(28-27-20-11-7-8-12-21(20)31-15-13-30(3)14-16-31)24(33)32(29-17)25-26-23(18(2)34-25)19-9-5-4-6-10-19/h4-12,27H,13-16H2,1-3H3. The van der Waals surface area contributed by atoms with Crippen molar-refractivity contribution < 1.29 is 4.79 Å². The molecule has 1 fully saturated rings. The number of anilines is 3. The Morgan fingerprint density at radius 1 is 0.971 bits per heavy atom. The van der Waals surface area contributed by atoms with Crippen LogP contribution in [0.5, 0.6) is 0 Å². The van der Waals surface area contributed by atoms with E-state index < -0.39 is 0 Å². The molecule has 1 amide bonds. The number of aryl methyl sites for hydroxylation is 1. The van der Waals surface area contributed by atoms with E-state index >= 15 is 0 Å². The molecule has 34 heavy (non-hydrogen) atoms. The SMILES string of the molecule is CC1=NN(c2nc(-c3ccccc3)c(C)s2)C(=O)C1=NNc1ccccc1N1CCN(C)CC1.